The molecule has 214 valence electrons. The van der Waals surface area contributed by atoms with Crippen LogP contribution in [0.1, 0.15) is 32.1 Å². The Bertz CT molecular complexity index is 1280. The Kier molecular flexibility index (Phi) is 8.50. The number of rotatable bonds is 9. The minimum absolute atomic E-state index is 0.00446. The first-order valence-corrected chi connectivity index (χ1v) is 14.9. The van der Waals surface area contributed by atoms with E-state index in [0.717, 1.165) is 4.90 Å². The van der Waals surface area contributed by atoms with E-state index >= 15 is 0 Å². The largest absolute Gasteiger partial charge is 0.376 e. The molecule has 0 radical (unpaired) electrons. The average molecular weight is 591 g/mol. The van der Waals surface area contributed by atoms with Gasteiger partial charge in [-0.15, -0.1) is 0 Å². The molecule has 3 N–H and O–H groups in total. The lowest BCUT2D eigenvalue weighted by atomic mass is 9.71. The van der Waals surface area contributed by atoms with E-state index in [1.807, 2.05) is 0 Å². The molecule has 0 unspecified atom stereocenters. The Hall–Kier alpha value is -2.80. The van der Waals surface area contributed by atoms with E-state index in [-0.39, 0.29) is 25.3 Å². The first-order valence-electron chi connectivity index (χ1n) is 12.6. The number of amides is 3. The summed E-state index contributed by atoms with van der Waals surface area (Å²) < 4.78 is 67.7. The molecule has 3 amide bonds. The molecular formula is C25H30ClF3N4O5S. The van der Waals surface area contributed by atoms with E-state index < -0.39 is 69.1 Å². The summed E-state index contributed by atoms with van der Waals surface area (Å²) in [7, 11) is -4.25. The van der Waals surface area contributed by atoms with Gasteiger partial charge >= 0.3 is 0 Å². The summed E-state index contributed by atoms with van der Waals surface area (Å²) in [6.45, 7) is 0.0795. The molecule has 4 fully saturated rings. The van der Waals surface area contributed by atoms with Crippen molar-refractivity contribution in [2.75, 3.05) is 24.7 Å². The quantitative estimate of drug-likeness (QED) is 0.406. The second-order valence-corrected chi connectivity index (χ2v) is 12.7. The number of halogens is 4. The van der Waals surface area contributed by atoms with E-state index in [2.05, 4.69) is 16.0 Å². The molecule has 0 aromatic heterocycles. The lowest BCUT2D eigenvalue weighted by Gasteiger charge is -2.53. The zero-order valence-electron chi connectivity index (χ0n) is 21.1. The van der Waals surface area contributed by atoms with Gasteiger partial charge in [0.15, 0.2) is 0 Å². The number of alkyl halides is 2. The number of nitrogens with one attached hydrogen (secondary N) is 3. The molecule has 4 aliphatic rings. The van der Waals surface area contributed by atoms with Gasteiger partial charge in [-0.2, -0.15) is 4.39 Å². The van der Waals surface area contributed by atoms with Crippen molar-refractivity contribution >= 4 is 44.8 Å². The number of benzene rings is 1. The molecule has 3 heterocycles. The molecular weight excluding hydrogens is 561 g/mol. The van der Waals surface area contributed by atoms with Crippen molar-refractivity contribution in [3.8, 4) is 0 Å². The van der Waals surface area contributed by atoms with Crippen LogP contribution in [0.5, 0.6) is 0 Å². The maximum absolute atomic E-state index is 15.0. The normalized spacial score (nSPS) is 27.2. The first-order chi connectivity index (χ1) is 18.3. The molecule has 5 atom stereocenters. The van der Waals surface area contributed by atoms with E-state index in [1.165, 1.54) is 0 Å². The van der Waals surface area contributed by atoms with Crippen LogP contribution in [-0.2, 0) is 24.2 Å². The number of carbonyl (C=O) groups excluding carboxylic acids is 3. The summed E-state index contributed by atoms with van der Waals surface area (Å²) in [6, 6.07) is 2.84. The molecule has 1 aliphatic carbocycles. The fourth-order valence-electron chi connectivity index (χ4n) is 5.63. The number of hydrogen-bond donors (Lipinski definition) is 3. The maximum atomic E-state index is 15.0. The summed E-state index contributed by atoms with van der Waals surface area (Å²) in [5, 5.41) is 6.88. The number of piperidine rings is 2. The van der Waals surface area contributed by atoms with Crippen LogP contribution in [0.3, 0.4) is 0 Å². The Morgan fingerprint density at radius 1 is 1.28 bits per heavy atom. The third-order valence-electron chi connectivity index (χ3n) is 7.48. The Labute approximate surface area is 229 Å². The third kappa shape index (κ3) is 6.68. The second kappa shape index (κ2) is 11.4. The van der Waals surface area contributed by atoms with E-state index in [9.17, 15) is 36.0 Å². The standard InChI is InChI=1S/C25H30ClF3N4O5S/c1-39(37,38)20(27)11-17(9-14-7-8-30-23(14)35)32-24(36)22-19-6-5-18(12-25(19,28)29)33(22)21(34)13-31-16-4-2-3-15(26)10-16/h2-4,10-11,14,17-19,22,31H,5-9,12-13H2,1H3,(H,30,35)(H,32,36)/b20-11-/t14-,17+,18-,19-,22+/m0/s1. The maximum Gasteiger partial charge on any atom is 0.255 e. The molecule has 1 aromatic carbocycles. The van der Waals surface area contributed by atoms with Gasteiger partial charge in [0.2, 0.25) is 32.7 Å². The average Bonchev–Trinajstić information content (AvgIpc) is 3.25. The summed E-state index contributed by atoms with van der Waals surface area (Å²) in [5.41, 5.74) is 0.528. The van der Waals surface area contributed by atoms with Gasteiger partial charge in [0.25, 0.3) is 5.92 Å². The van der Waals surface area contributed by atoms with Crippen molar-refractivity contribution in [3.63, 3.8) is 0 Å². The molecule has 1 saturated carbocycles. The number of nitrogens with zero attached hydrogens (tertiary/aromatic N) is 1. The van der Waals surface area contributed by atoms with Gasteiger partial charge in [-0.3, -0.25) is 14.4 Å². The number of sulfone groups is 1. The van der Waals surface area contributed by atoms with Crippen molar-refractivity contribution in [2.24, 2.45) is 11.8 Å². The van der Waals surface area contributed by atoms with Crippen LogP contribution in [0, 0.1) is 11.8 Å². The highest BCUT2D eigenvalue weighted by Crippen LogP contribution is 2.49. The van der Waals surface area contributed by atoms with Crippen LogP contribution in [0.25, 0.3) is 0 Å². The van der Waals surface area contributed by atoms with Crippen LogP contribution in [0.4, 0.5) is 18.9 Å². The molecule has 39 heavy (non-hydrogen) atoms. The topological polar surface area (TPSA) is 125 Å². The van der Waals surface area contributed by atoms with E-state index in [0.29, 0.717) is 42.4 Å². The van der Waals surface area contributed by atoms with Gasteiger partial charge < -0.3 is 20.9 Å². The minimum Gasteiger partial charge on any atom is -0.376 e. The fourth-order valence-corrected chi connectivity index (χ4v) is 6.23. The van der Waals surface area contributed by atoms with Crippen molar-refractivity contribution in [2.45, 2.75) is 56.2 Å². The molecule has 3 saturated heterocycles. The van der Waals surface area contributed by atoms with Crippen LogP contribution in [0.2, 0.25) is 5.02 Å². The molecule has 9 nitrogen and oxygen atoms in total. The Morgan fingerprint density at radius 2 is 2.03 bits per heavy atom. The Balaban J connectivity index is 1.58. The monoisotopic (exact) mass is 590 g/mol. The molecule has 0 spiro atoms. The fraction of sp³-hybridized carbons (Fsp3) is 0.560. The van der Waals surface area contributed by atoms with Gasteiger partial charge in [0, 0.05) is 41.9 Å². The predicted octanol–water partition coefficient (Wildman–Crippen LogP) is 2.63. The summed E-state index contributed by atoms with van der Waals surface area (Å²) in [4.78, 5) is 40.1. The highest BCUT2D eigenvalue weighted by Gasteiger charge is 2.60. The summed E-state index contributed by atoms with van der Waals surface area (Å²) >= 11 is 5.97. The molecule has 14 heteroatoms. The highest BCUT2D eigenvalue weighted by atomic mass is 35.5. The first kappa shape index (κ1) is 29.2. The Morgan fingerprint density at radius 3 is 2.64 bits per heavy atom. The van der Waals surface area contributed by atoms with Crippen molar-refractivity contribution in [1.82, 2.24) is 15.5 Å². The molecule has 2 bridgehead atoms. The van der Waals surface area contributed by atoms with Gasteiger partial charge in [-0.25, -0.2) is 17.2 Å². The third-order valence-corrected chi connectivity index (χ3v) is 8.56. The highest BCUT2D eigenvalue weighted by molar-refractivity contribution is 7.94. The van der Waals surface area contributed by atoms with Crippen LogP contribution >= 0.6 is 11.6 Å². The number of anilines is 1. The van der Waals surface area contributed by atoms with Gasteiger partial charge in [0.05, 0.1) is 18.5 Å². The SMILES string of the molecule is CS(=O)(=O)/C(F)=C\[C@@H](C[C@@H]1CCNC1=O)NC(=O)[C@H]1[C@@H]2CC[C@@H](CC2(F)F)N1C(=O)CNc1cccc(Cl)c1. The molecule has 1 aromatic rings. The van der Waals surface area contributed by atoms with Crippen LogP contribution in [0.15, 0.2) is 35.5 Å². The second-order valence-electron chi connectivity index (χ2n) is 10.3. The number of fused-ring (bicyclic) bond motifs is 3. The van der Waals surface area contributed by atoms with Crippen molar-refractivity contribution in [3.05, 3.63) is 40.5 Å². The van der Waals surface area contributed by atoms with Crippen molar-refractivity contribution < 1.29 is 36.0 Å². The van der Waals surface area contributed by atoms with Crippen molar-refractivity contribution in [1.29, 1.82) is 0 Å². The predicted molar refractivity (Wildman–Crippen MR) is 138 cm³/mol. The zero-order valence-corrected chi connectivity index (χ0v) is 22.7. The van der Waals surface area contributed by atoms with Crippen LogP contribution < -0.4 is 16.0 Å². The lowest BCUT2D eigenvalue weighted by molar-refractivity contribution is -0.193. The van der Waals surface area contributed by atoms with Crippen LogP contribution in [-0.4, -0.2) is 74.4 Å². The lowest BCUT2D eigenvalue weighted by Crippen LogP contribution is -2.69. The smallest absolute Gasteiger partial charge is 0.255 e. The summed E-state index contributed by atoms with van der Waals surface area (Å²) in [5.74, 6) is -7.20. The van der Waals surface area contributed by atoms with Gasteiger partial charge in [-0.05, 0) is 50.0 Å². The van der Waals surface area contributed by atoms with Gasteiger partial charge in [-0.1, -0.05) is 17.7 Å². The van der Waals surface area contributed by atoms with E-state index in [4.69, 9.17) is 11.6 Å². The van der Waals surface area contributed by atoms with E-state index in [1.54, 1.807) is 24.3 Å². The minimum atomic E-state index is -4.25. The molecule has 5 rings (SSSR count). The zero-order chi connectivity index (χ0) is 28.5. The summed E-state index contributed by atoms with van der Waals surface area (Å²) in [6.07, 6.45) is 1.27. The molecule has 3 aliphatic heterocycles. The van der Waals surface area contributed by atoms with Gasteiger partial charge in [0.1, 0.15) is 6.04 Å². The number of carbonyl (C=O) groups is 3. The number of hydrogen-bond acceptors (Lipinski definition) is 6.